The zero-order valence-electron chi connectivity index (χ0n) is 13.0. The Kier molecular flexibility index (Phi) is 4.70. The van der Waals surface area contributed by atoms with Gasteiger partial charge in [-0.2, -0.15) is 5.10 Å². The highest BCUT2D eigenvalue weighted by atomic mass is 35.5. The van der Waals surface area contributed by atoms with Gasteiger partial charge in [0.1, 0.15) is 0 Å². The van der Waals surface area contributed by atoms with Gasteiger partial charge in [0, 0.05) is 0 Å². The van der Waals surface area contributed by atoms with E-state index >= 15 is 0 Å². The maximum atomic E-state index is 12.5. The lowest BCUT2D eigenvalue weighted by Crippen LogP contribution is -2.18. The van der Waals surface area contributed by atoms with Crippen molar-refractivity contribution < 1.29 is 5.11 Å². The molecule has 1 heterocycles. The molecular formula is C17H11Cl2N5O. The smallest absolute Gasteiger partial charge is 0.451 e. The Balaban J connectivity index is 2.16. The maximum Gasteiger partial charge on any atom is 0.451 e. The Hall–Kier alpha value is -2.88. The molecule has 0 aliphatic carbocycles. The molecule has 3 aromatic rings. The first kappa shape index (κ1) is 17.0. The van der Waals surface area contributed by atoms with E-state index in [1.54, 1.807) is 19.1 Å². The lowest BCUT2D eigenvalue weighted by atomic mass is 10.2. The van der Waals surface area contributed by atoms with Gasteiger partial charge in [0.05, 0.1) is 15.7 Å². The van der Waals surface area contributed by atoms with Crippen molar-refractivity contribution in [3.8, 4) is 5.69 Å². The molecular weight excluding hydrogens is 361 g/mol. The first-order valence-electron chi connectivity index (χ1n) is 7.22. The number of aryl methyl sites for hydroxylation is 1. The number of hydrogen-bond acceptors (Lipinski definition) is 4. The van der Waals surface area contributed by atoms with Gasteiger partial charge in [0.15, 0.2) is 10.7 Å². The summed E-state index contributed by atoms with van der Waals surface area (Å²) in [5.74, 6) is -0.428. The minimum Gasteiger partial charge on any atom is -0.858 e. The summed E-state index contributed by atoms with van der Waals surface area (Å²) in [4.78, 5) is 7.29. The number of aromatic nitrogens is 2. The molecule has 1 aromatic heterocycles. The molecule has 0 saturated carbocycles. The van der Waals surface area contributed by atoms with Crippen molar-refractivity contribution >= 4 is 40.6 Å². The molecule has 0 amide bonds. The van der Waals surface area contributed by atoms with Crippen molar-refractivity contribution in [2.24, 2.45) is 4.99 Å². The van der Waals surface area contributed by atoms with Crippen LogP contribution < -0.4 is 5.11 Å². The molecule has 0 spiro atoms. The molecule has 25 heavy (non-hydrogen) atoms. The third kappa shape index (κ3) is 3.33. The molecule has 0 atom stereocenters. The van der Waals surface area contributed by atoms with Gasteiger partial charge in [-0.3, -0.25) is 0 Å². The largest absolute Gasteiger partial charge is 0.858 e. The summed E-state index contributed by atoms with van der Waals surface area (Å²) in [5, 5.41) is 26.7. The summed E-state index contributed by atoms with van der Waals surface area (Å²) in [5.41, 5.74) is 1.50. The van der Waals surface area contributed by atoms with Gasteiger partial charge < -0.3 is 5.11 Å². The number of para-hydroxylation sites is 1. The van der Waals surface area contributed by atoms with Crippen LogP contribution in [0.1, 0.15) is 11.3 Å². The molecule has 0 bridgehead atoms. The van der Waals surface area contributed by atoms with Gasteiger partial charge in [-0.05, 0) is 42.7 Å². The highest BCUT2D eigenvalue weighted by Gasteiger charge is 2.26. The topological polar surface area (TPSA) is 81.4 Å². The number of diazo groups is 1. The molecule has 0 fully saturated rings. The van der Waals surface area contributed by atoms with Gasteiger partial charge in [0.25, 0.3) is 5.82 Å². The highest BCUT2D eigenvalue weighted by Crippen LogP contribution is 2.34. The third-order valence-corrected chi connectivity index (χ3v) is 4.22. The van der Waals surface area contributed by atoms with Gasteiger partial charge in [-0.1, -0.05) is 47.5 Å². The van der Waals surface area contributed by atoms with E-state index in [2.05, 4.69) is 15.1 Å². The molecule has 0 saturated heterocycles. The zero-order valence-corrected chi connectivity index (χ0v) is 14.5. The van der Waals surface area contributed by atoms with Crippen molar-refractivity contribution in [1.29, 1.82) is 5.39 Å². The van der Waals surface area contributed by atoms with Crippen LogP contribution in [-0.2, 0) is 0 Å². The maximum absolute atomic E-state index is 12.5. The second-order valence-electron chi connectivity index (χ2n) is 5.15. The van der Waals surface area contributed by atoms with Crippen LogP contribution in [0.2, 0.25) is 10.0 Å². The van der Waals surface area contributed by atoms with Crippen LogP contribution in [0.3, 0.4) is 0 Å². The number of hydrogen-bond donors (Lipinski definition) is 0. The molecule has 6 nitrogen and oxygen atoms in total. The highest BCUT2D eigenvalue weighted by molar-refractivity contribution is 6.42. The van der Waals surface area contributed by atoms with E-state index in [4.69, 9.17) is 23.2 Å². The average Bonchev–Trinajstić information content (AvgIpc) is 2.93. The van der Waals surface area contributed by atoms with Crippen LogP contribution in [0.15, 0.2) is 53.5 Å². The molecule has 124 valence electrons. The van der Waals surface area contributed by atoms with Crippen molar-refractivity contribution in [2.75, 3.05) is 0 Å². The van der Waals surface area contributed by atoms with Crippen LogP contribution >= 0.6 is 23.2 Å². The van der Waals surface area contributed by atoms with Crippen molar-refractivity contribution in [3.05, 3.63) is 74.8 Å². The zero-order chi connectivity index (χ0) is 18.0. The number of rotatable bonds is 3. The van der Waals surface area contributed by atoms with E-state index in [-0.39, 0.29) is 22.1 Å². The van der Waals surface area contributed by atoms with Gasteiger partial charge in [-0.25, -0.2) is 9.67 Å². The molecule has 3 rings (SSSR count). The standard InChI is InChI=1S/C17H11Cl2N5O/c1-10-15(22-20)16(24(23-10)12-5-3-2-4-6-12)21-17(25)11-7-8-13(18)14(19)9-11/h2-9H,1H3. The Morgan fingerprint density at radius 2 is 1.88 bits per heavy atom. The Bertz CT molecular complexity index is 1010. The van der Waals surface area contributed by atoms with Crippen LogP contribution in [0.5, 0.6) is 0 Å². The molecule has 0 aliphatic heterocycles. The molecule has 0 unspecified atom stereocenters. The number of halogens is 2. The van der Waals surface area contributed by atoms with E-state index in [0.29, 0.717) is 16.4 Å². The summed E-state index contributed by atoms with van der Waals surface area (Å²) >= 11 is 11.8. The van der Waals surface area contributed by atoms with E-state index < -0.39 is 5.90 Å². The van der Waals surface area contributed by atoms with Crippen LogP contribution in [-0.4, -0.2) is 15.7 Å². The Morgan fingerprint density at radius 1 is 1.16 bits per heavy atom. The second-order valence-corrected chi connectivity index (χ2v) is 5.97. The predicted molar refractivity (Wildman–Crippen MR) is 95.7 cm³/mol. The average molecular weight is 372 g/mol. The van der Waals surface area contributed by atoms with E-state index in [0.717, 1.165) is 0 Å². The monoisotopic (exact) mass is 371 g/mol. The number of aliphatic imine (C=N–C) groups is 1. The van der Waals surface area contributed by atoms with Crippen LogP contribution in [0.4, 0.5) is 11.5 Å². The molecule has 8 heteroatoms. The van der Waals surface area contributed by atoms with Crippen LogP contribution in [0.25, 0.3) is 10.7 Å². The summed E-state index contributed by atoms with van der Waals surface area (Å²) in [6, 6.07) is 13.6. The fraction of sp³-hybridized carbons (Fsp3) is 0.0588. The first-order chi connectivity index (χ1) is 12.0. The van der Waals surface area contributed by atoms with Gasteiger partial charge in [0.2, 0.25) is 5.39 Å². The first-order valence-corrected chi connectivity index (χ1v) is 7.98. The number of nitrogens with zero attached hydrogens (tertiary/aromatic N) is 5. The second kappa shape index (κ2) is 6.93. The molecule has 0 N–H and O–H groups in total. The van der Waals surface area contributed by atoms with E-state index in [1.165, 1.54) is 22.9 Å². The van der Waals surface area contributed by atoms with Crippen molar-refractivity contribution in [2.45, 2.75) is 6.92 Å². The molecule has 0 radical (unpaired) electrons. The molecule has 2 aromatic carbocycles. The normalized spacial score (nSPS) is 11.4. The quantitative estimate of drug-likeness (QED) is 0.388. The summed E-state index contributed by atoms with van der Waals surface area (Å²) in [6.07, 6.45) is 0. The lowest BCUT2D eigenvalue weighted by molar-refractivity contribution is -0.212. The summed E-state index contributed by atoms with van der Waals surface area (Å²) in [7, 11) is 0. The lowest BCUT2D eigenvalue weighted by Gasteiger charge is -2.11. The summed E-state index contributed by atoms with van der Waals surface area (Å²) in [6.45, 7) is 1.66. The summed E-state index contributed by atoms with van der Waals surface area (Å²) < 4.78 is 1.44. The fourth-order valence-corrected chi connectivity index (χ4v) is 2.56. The molecule has 0 aliphatic rings. The predicted octanol–water partition coefficient (Wildman–Crippen LogP) is 4.41. The van der Waals surface area contributed by atoms with Crippen LogP contribution in [0, 0.1) is 12.3 Å². The minimum atomic E-state index is -0.555. The third-order valence-electron chi connectivity index (χ3n) is 3.48. The Morgan fingerprint density at radius 3 is 2.52 bits per heavy atom. The van der Waals surface area contributed by atoms with Crippen molar-refractivity contribution in [3.63, 3.8) is 0 Å². The van der Waals surface area contributed by atoms with E-state index in [9.17, 15) is 10.5 Å². The van der Waals surface area contributed by atoms with E-state index in [1.807, 2.05) is 18.2 Å². The minimum absolute atomic E-state index is 0.122. The van der Waals surface area contributed by atoms with Gasteiger partial charge in [-0.15, -0.1) is 0 Å². The Labute approximate surface area is 153 Å². The fourth-order valence-electron chi connectivity index (χ4n) is 2.26. The van der Waals surface area contributed by atoms with Crippen molar-refractivity contribution in [1.82, 2.24) is 9.78 Å². The van der Waals surface area contributed by atoms with Gasteiger partial charge >= 0.3 is 5.69 Å². The SMILES string of the molecule is Cc1nn(-c2ccccc2)c(N=C([O-])c2ccc(Cl)c(Cl)c2)c1[N+]#N. The number of benzene rings is 2.